The number of piperidine rings is 1. The first kappa shape index (κ1) is 14.5. The van der Waals surface area contributed by atoms with Crippen molar-refractivity contribution in [2.75, 3.05) is 18.0 Å². The fourth-order valence-corrected chi connectivity index (χ4v) is 2.82. The van der Waals surface area contributed by atoms with Crippen LogP contribution in [0.2, 0.25) is 0 Å². The molecule has 0 spiro atoms. The van der Waals surface area contributed by atoms with Crippen LogP contribution in [-0.2, 0) is 0 Å². The molecular formula is C17H20N4O. The van der Waals surface area contributed by atoms with Gasteiger partial charge in [-0.1, -0.05) is 18.2 Å². The molecule has 1 aromatic carbocycles. The number of nitrogens with one attached hydrogen (secondary N) is 1. The van der Waals surface area contributed by atoms with E-state index in [-0.39, 0.29) is 11.9 Å². The van der Waals surface area contributed by atoms with Gasteiger partial charge in [0.1, 0.15) is 0 Å². The monoisotopic (exact) mass is 296 g/mol. The molecule has 2 aromatic rings. The van der Waals surface area contributed by atoms with Crippen LogP contribution in [0.25, 0.3) is 0 Å². The van der Waals surface area contributed by atoms with Crippen molar-refractivity contribution in [3.05, 3.63) is 54.4 Å². The van der Waals surface area contributed by atoms with Gasteiger partial charge in [0.25, 0.3) is 5.91 Å². The van der Waals surface area contributed by atoms with Crippen molar-refractivity contribution in [1.82, 2.24) is 15.3 Å². The summed E-state index contributed by atoms with van der Waals surface area (Å²) in [6, 6.07) is 11.4. The third-order valence-corrected chi connectivity index (χ3v) is 3.97. The predicted molar refractivity (Wildman–Crippen MR) is 85.8 cm³/mol. The Morgan fingerprint density at radius 1 is 1.14 bits per heavy atom. The zero-order valence-electron chi connectivity index (χ0n) is 12.5. The molecule has 1 aliphatic rings. The van der Waals surface area contributed by atoms with Crippen LogP contribution < -0.4 is 10.2 Å². The molecule has 22 heavy (non-hydrogen) atoms. The second-order valence-corrected chi connectivity index (χ2v) is 5.47. The zero-order chi connectivity index (χ0) is 15.2. The Bertz CT molecular complexity index is 603. The number of aromatic nitrogens is 2. The molecule has 1 atom stereocenters. The molecule has 3 rings (SSSR count). The van der Waals surface area contributed by atoms with Gasteiger partial charge in [0, 0.05) is 37.1 Å². The SMILES string of the molecule is O=C(NCC1CCCCN1c1ncccn1)c1ccccc1. The van der Waals surface area contributed by atoms with Crippen LogP contribution in [0.15, 0.2) is 48.8 Å². The molecule has 5 heteroatoms. The highest BCUT2D eigenvalue weighted by atomic mass is 16.1. The summed E-state index contributed by atoms with van der Waals surface area (Å²) in [6.45, 7) is 1.56. The third-order valence-electron chi connectivity index (χ3n) is 3.97. The number of hydrogen-bond acceptors (Lipinski definition) is 4. The van der Waals surface area contributed by atoms with Crippen LogP contribution in [-0.4, -0.2) is 35.0 Å². The van der Waals surface area contributed by atoms with Gasteiger partial charge in [0.05, 0.1) is 0 Å². The summed E-state index contributed by atoms with van der Waals surface area (Å²) < 4.78 is 0. The van der Waals surface area contributed by atoms with E-state index in [1.165, 1.54) is 6.42 Å². The van der Waals surface area contributed by atoms with Crippen LogP contribution in [0.3, 0.4) is 0 Å². The molecule has 0 bridgehead atoms. The summed E-state index contributed by atoms with van der Waals surface area (Å²) in [5.41, 5.74) is 0.695. The van der Waals surface area contributed by atoms with Crippen molar-refractivity contribution in [2.45, 2.75) is 25.3 Å². The highest BCUT2D eigenvalue weighted by Gasteiger charge is 2.24. The predicted octanol–water partition coefficient (Wildman–Crippen LogP) is 2.27. The van der Waals surface area contributed by atoms with Crippen molar-refractivity contribution in [3.63, 3.8) is 0 Å². The number of amides is 1. The summed E-state index contributed by atoms with van der Waals surface area (Å²) in [7, 11) is 0. The lowest BCUT2D eigenvalue weighted by Gasteiger charge is -2.35. The number of carbonyl (C=O) groups excluding carboxylic acids is 1. The number of rotatable bonds is 4. The van der Waals surface area contributed by atoms with Gasteiger partial charge < -0.3 is 10.2 Å². The average molecular weight is 296 g/mol. The Balaban J connectivity index is 1.64. The summed E-state index contributed by atoms with van der Waals surface area (Å²) in [4.78, 5) is 23.1. The molecule has 0 saturated carbocycles. The van der Waals surface area contributed by atoms with Crippen molar-refractivity contribution in [2.24, 2.45) is 0 Å². The Morgan fingerprint density at radius 3 is 2.68 bits per heavy atom. The summed E-state index contributed by atoms with van der Waals surface area (Å²) in [6.07, 6.45) is 6.89. The topological polar surface area (TPSA) is 58.1 Å². The average Bonchev–Trinajstić information content (AvgIpc) is 2.61. The first-order valence-electron chi connectivity index (χ1n) is 7.71. The van der Waals surface area contributed by atoms with Crippen molar-refractivity contribution in [1.29, 1.82) is 0 Å². The van der Waals surface area contributed by atoms with E-state index >= 15 is 0 Å². The highest BCUT2D eigenvalue weighted by molar-refractivity contribution is 5.94. The van der Waals surface area contributed by atoms with E-state index in [2.05, 4.69) is 20.2 Å². The van der Waals surface area contributed by atoms with Crippen molar-refractivity contribution in [3.8, 4) is 0 Å². The van der Waals surface area contributed by atoms with Gasteiger partial charge in [-0.05, 0) is 37.5 Å². The van der Waals surface area contributed by atoms with Gasteiger partial charge in [-0.3, -0.25) is 4.79 Å². The third kappa shape index (κ3) is 3.42. The lowest BCUT2D eigenvalue weighted by molar-refractivity contribution is 0.0949. The highest BCUT2D eigenvalue weighted by Crippen LogP contribution is 2.20. The Labute approximate surface area is 130 Å². The first-order chi connectivity index (χ1) is 10.8. The fraction of sp³-hybridized carbons (Fsp3) is 0.353. The summed E-state index contributed by atoms with van der Waals surface area (Å²) in [5.74, 6) is 0.723. The van der Waals surface area contributed by atoms with Gasteiger partial charge in [0.2, 0.25) is 5.95 Å². The maximum absolute atomic E-state index is 12.2. The van der Waals surface area contributed by atoms with Crippen molar-refractivity contribution >= 4 is 11.9 Å². The largest absolute Gasteiger partial charge is 0.350 e. The molecule has 114 valence electrons. The van der Waals surface area contributed by atoms with Gasteiger partial charge in [-0.15, -0.1) is 0 Å². The second kappa shape index (κ2) is 7.02. The molecule has 0 radical (unpaired) electrons. The van der Waals surface area contributed by atoms with Crippen molar-refractivity contribution < 1.29 is 4.79 Å². The van der Waals surface area contributed by atoms with E-state index in [1.54, 1.807) is 12.4 Å². The molecule has 1 amide bonds. The minimum absolute atomic E-state index is 0.0277. The van der Waals surface area contributed by atoms with Crippen LogP contribution >= 0.6 is 0 Å². The molecule has 5 nitrogen and oxygen atoms in total. The van der Waals surface area contributed by atoms with E-state index in [0.717, 1.165) is 25.3 Å². The number of carbonyl (C=O) groups is 1. The fourth-order valence-electron chi connectivity index (χ4n) is 2.82. The lowest BCUT2D eigenvalue weighted by atomic mass is 10.0. The molecular weight excluding hydrogens is 276 g/mol. The van der Waals surface area contributed by atoms with Crippen LogP contribution in [0.5, 0.6) is 0 Å². The molecule has 1 unspecified atom stereocenters. The maximum atomic E-state index is 12.2. The zero-order valence-corrected chi connectivity index (χ0v) is 12.5. The molecule has 1 N–H and O–H groups in total. The van der Waals surface area contributed by atoms with E-state index in [1.807, 2.05) is 36.4 Å². The minimum Gasteiger partial charge on any atom is -0.350 e. The van der Waals surface area contributed by atoms with E-state index in [9.17, 15) is 4.79 Å². The van der Waals surface area contributed by atoms with Crippen LogP contribution in [0, 0.1) is 0 Å². The summed E-state index contributed by atoms with van der Waals surface area (Å²) >= 11 is 0. The maximum Gasteiger partial charge on any atom is 0.251 e. The minimum atomic E-state index is -0.0277. The van der Waals surface area contributed by atoms with Gasteiger partial charge >= 0.3 is 0 Å². The smallest absolute Gasteiger partial charge is 0.251 e. The Kier molecular flexibility index (Phi) is 4.63. The van der Waals surface area contributed by atoms with Crippen LogP contribution in [0.1, 0.15) is 29.6 Å². The van der Waals surface area contributed by atoms with Gasteiger partial charge in [-0.25, -0.2) is 9.97 Å². The Morgan fingerprint density at radius 2 is 1.91 bits per heavy atom. The number of anilines is 1. The standard InChI is InChI=1S/C17H20N4O/c22-16(14-7-2-1-3-8-14)20-13-15-9-4-5-12-21(15)17-18-10-6-11-19-17/h1-3,6-8,10-11,15H,4-5,9,12-13H2,(H,20,22). The molecule has 2 heterocycles. The molecule has 1 aliphatic heterocycles. The normalized spacial score (nSPS) is 18.0. The number of nitrogens with zero attached hydrogens (tertiary/aromatic N) is 3. The number of benzene rings is 1. The Hall–Kier alpha value is -2.43. The van der Waals surface area contributed by atoms with Gasteiger partial charge in [0.15, 0.2) is 0 Å². The molecule has 1 aromatic heterocycles. The summed E-state index contributed by atoms with van der Waals surface area (Å²) in [5, 5.41) is 3.03. The first-order valence-corrected chi connectivity index (χ1v) is 7.71. The van der Waals surface area contributed by atoms with Crippen LogP contribution in [0.4, 0.5) is 5.95 Å². The van der Waals surface area contributed by atoms with E-state index in [4.69, 9.17) is 0 Å². The number of hydrogen-bond donors (Lipinski definition) is 1. The lowest BCUT2D eigenvalue weighted by Crippen LogP contribution is -2.47. The molecule has 0 aliphatic carbocycles. The van der Waals surface area contributed by atoms with E-state index in [0.29, 0.717) is 12.1 Å². The molecule has 1 saturated heterocycles. The van der Waals surface area contributed by atoms with Gasteiger partial charge in [-0.2, -0.15) is 0 Å². The second-order valence-electron chi connectivity index (χ2n) is 5.47. The quantitative estimate of drug-likeness (QED) is 0.940. The van der Waals surface area contributed by atoms with E-state index < -0.39 is 0 Å². The molecule has 1 fully saturated rings.